The van der Waals surface area contributed by atoms with Gasteiger partial charge in [0, 0.05) is 18.2 Å². The van der Waals surface area contributed by atoms with Gasteiger partial charge in [-0.15, -0.1) is 0 Å². The molecule has 2 nitrogen and oxygen atoms in total. The van der Waals surface area contributed by atoms with Crippen molar-refractivity contribution in [3.63, 3.8) is 0 Å². The first-order chi connectivity index (χ1) is 7.11. The maximum atomic E-state index is 13.3. The van der Waals surface area contributed by atoms with Crippen LogP contribution < -0.4 is 5.73 Å². The Morgan fingerprint density at radius 1 is 1.33 bits per heavy atom. The van der Waals surface area contributed by atoms with Crippen LogP contribution in [0.4, 0.5) is 4.39 Å². The van der Waals surface area contributed by atoms with E-state index in [0.717, 1.165) is 0 Å². The van der Waals surface area contributed by atoms with E-state index in [9.17, 15) is 4.39 Å². The van der Waals surface area contributed by atoms with Crippen LogP contribution in [0.15, 0.2) is 24.3 Å². The maximum Gasteiger partial charge on any atom is 0.127 e. The molecule has 0 heterocycles. The van der Waals surface area contributed by atoms with E-state index in [0.29, 0.717) is 18.6 Å². The number of rotatable bonds is 5. The topological polar surface area (TPSA) is 35.2 Å². The zero-order valence-corrected chi connectivity index (χ0v) is 9.24. The van der Waals surface area contributed by atoms with Gasteiger partial charge in [-0.3, -0.25) is 0 Å². The summed E-state index contributed by atoms with van der Waals surface area (Å²) in [5, 5.41) is 0. The molecular weight excluding hydrogens is 193 g/mol. The summed E-state index contributed by atoms with van der Waals surface area (Å²) in [6, 6.07) is 6.32. The molecule has 3 heteroatoms. The number of hydrogen-bond donors (Lipinski definition) is 1. The minimum Gasteiger partial charge on any atom is -0.379 e. The Hall–Kier alpha value is -0.930. The van der Waals surface area contributed by atoms with Crippen LogP contribution in [0.2, 0.25) is 0 Å². The lowest BCUT2D eigenvalue weighted by Crippen LogP contribution is -2.16. The average molecular weight is 211 g/mol. The SMILES string of the molecule is CC(C)OCCC(N)c1ccccc1F. The fourth-order valence-electron chi connectivity index (χ4n) is 1.36. The van der Waals surface area contributed by atoms with Crippen molar-refractivity contribution in [2.45, 2.75) is 32.4 Å². The predicted octanol–water partition coefficient (Wildman–Crippen LogP) is 2.64. The molecule has 0 aliphatic heterocycles. The summed E-state index contributed by atoms with van der Waals surface area (Å²) in [6.07, 6.45) is 0.830. The summed E-state index contributed by atoms with van der Waals surface area (Å²) >= 11 is 0. The van der Waals surface area contributed by atoms with Crippen LogP contribution in [0.5, 0.6) is 0 Å². The lowest BCUT2D eigenvalue weighted by Gasteiger charge is -2.14. The van der Waals surface area contributed by atoms with Crippen LogP contribution in [0.1, 0.15) is 31.9 Å². The Morgan fingerprint density at radius 3 is 2.60 bits per heavy atom. The van der Waals surface area contributed by atoms with E-state index in [4.69, 9.17) is 10.5 Å². The van der Waals surface area contributed by atoms with Crippen molar-refractivity contribution in [3.05, 3.63) is 35.6 Å². The van der Waals surface area contributed by atoms with Gasteiger partial charge < -0.3 is 10.5 Å². The molecule has 2 N–H and O–H groups in total. The van der Waals surface area contributed by atoms with Gasteiger partial charge in [0.15, 0.2) is 0 Å². The van der Waals surface area contributed by atoms with E-state index in [-0.39, 0.29) is 18.0 Å². The van der Waals surface area contributed by atoms with Gasteiger partial charge in [-0.05, 0) is 26.3 Å². The highest BCUT2D eigenvalue weighted by molar-refractivity contribution is 5.20. The molecule has 1 unspecified atom stereocenters. The van der Waals surface area contributed by atoms with E-state index in [1.165, 1.54) is 6.07 Å². The van der Waals surface area contributed by atoms with Gasteiger partial charge in [-0.1, -0.05) is 18.2 Å². The van der Waals surface area contributed by atoms with Crippen molar-refractivity contribution in [3.8, 4) is 0 Å². The molecule has 0 aromatic heterocycles. The van der Waals surface area contributed by atoms with Crippen LogP contribution in [-0.4, -0.2) is 12.7 Å². The molecule has 1 rings (SSSR count). The molecule has 84 valence electrons. The first-order valence-corrected chi connectivity index (χ1v) is 5.23. The summed E-state index contributed by atoms with van der Waals surface area (Å²) in [7, 11) is 0. The maximum absolute atomic E-state index is 13.3. The number of hydrogen-bond acceptors (Lipinski definition) is 2. The van der Waals surface area contributed by atoms with Gasteiger partial charge in [0.1, 0.15) is 5.82 Å². The lowest BCUT2D eigenvalue weighted by atomic mass is 10.0. The quantitative estimate of drug-likeness (QED) is 0.812. The van der Waals surface area contributed by atoms with Crippen molar-refractivity contribution in [2.24, 2.45) is 5.73 Å². The summed E-state index contributed by atoms with van der Waals surface area (Å²) in [5.74, 6) is -0.241. The highest BCUT2D eigenvalue weighted by Crippen LogP contribution is 2.17. The van der Waals surface area contributed by atoms with Gasteiger partial charge >= 0.3 is 0 Å². The summed E-state index contributed by atoms with van der Waals surface area (Å²) in [5.41, 5.74) is 6.42. The number of benzene rings is 1. The summed E-state index contributed by atoms with van der Waals surface area (Å²) in [4.78, 5) is 0. The average Bonchev–Trinajstić information content (AvgIpc) is 2.17. The van der Waals surface area contributed by atoms with Gasteiger partial charge in [-0.25, -0.2) is 4.39 Å². The van der Waals surface area contributed by atoms with Gasteiger partial charge in [0.05, 0.1) is 6.10 Å². The van der Waals surface area contributed by atoms with E-state index >= 15 is 0 Å². The third kappa shape index (κ3) is 3.98. The highest BCUT2D eigenvalue weighted by atomic mass is 19.1. The molecule has 1 aromatic carbocycles. The van der Waals surface area contributed by atoms with Crippen LogP contribution >= 0.6 is 0 Å². The Balaban J connectivity index is 2.47. The van der Waals surface area contributed by atoms with E-state index in [1.807, 2.05) is 13.8 Å². The molecule has 0 amide bonds. The van der Waals surface area contributed by atoms with Crippen molar-refractivity contribution in [2.75, 3.05) is 6.61 Å². The Morgan fingerprint density at radius 2 is 2.00 bits per heavy atom. The van der Waals surface area contributed by atoms with Crippen LogP contribution in [0.3, 0.4) is 0 Å². The third-order valence-corrected chi connectivity index (χ3v) is 2.18. The van der Waals surface area contributed by atoms with Crippen molar-refractivity contribution in [1.82, 2.24) is 0 Å². The summed E-state index contributed by atoms with van der Waals surface area (Å²) < 4.78 is 18.7. The minimum absolute atomic E-state index is 0.192. The molecule has 0 aliphatic rings. The van der Waals surface area contributed by atoms with E-state index < -0.39 is 0 Å². The molecule has 1 aromatic rings. The smallest absolute Gasteiger partial charge is 0.127 e. The Bertz CT molecular complexity index is 301. The van der Waals surface area contributed by atoms with Crippen LogP contribution in [0.25, 0.3) is 0 Å². The van der Waals surface area contributed by atoms with Crippen molar-refractivity contribution < 1.29 is 9.13 Å². The van der Waals surface area contributed by atoms with Gasteiger partial charge in [-0.2, -0.15) is 0 Å². The molecule has 15 heavy (non-hydrogen) atoms. The molecule has 0 spiro atoms. The molecule has 0 bridgehead atoms. The van der Waals surface area contributed by atoms with Crippen LogP contribution in [-0.2, 0) is 4.74 Å². The molecular formula is C12H18FNO. The number of halogens is 1. The molecule has 0 radical (unpaired) electrons. The first-order valence-electron chi connectivity index (χ1n) is 5.23. The Labute approximate surface area is 90.2 Å². The van der Waals surface area contributed by atoms with E-state index in [1.54, 1.807) is 18.2 Å². The normalized spacial score (nSPS) is 13.1. The standard InChI is InChI=1S/C12H18FNO/c1-9(2)15-8-7-12(14)10-5-3-4-6-11(10)13/h3-6,9,12H,7-8,14H2,1-2H3. The molecule has 0 aliphatic carbocycles. The number of ether oxygens (including phenoxy) is 1. The zero-order valence-electron chi connectivity index (χ0n) is 9.24. The largest absolute Gasteiger partial charge is 0.379 e. The monoisotopic (exact) mass is 211 g/mol. The van der Waals surface area contributed by atoms with E-state index in [2.05, 4.69) is 0 Å². The second-order valence-corrected chi connectivity index (χ2v) is 3.84. The molecule has 1 atom stereocenters. The number of nitrogens with two attached hydrogens (primary N) is 1. The lowest BCUT2D eigenvalue weighted by molar-refractivity contribution is 0.0735. The highest BCUT2D eigenvalue weighted by Gasteiger charge is 2.10. The molecule has 0 fully saturated rings. The molecule has 0 saturated carbocycles. The fraction of sp³-hybridized carbons (Fsp3) is 0.500. The summed E-state index contributed by atoms with van der Waals surface area (Å²) in [6.45, 7) is 4.50. The van der Waals surface area contributed by atoms with Crippen LogP contribution in [0, 0.1) is 5.82 Å². The second-order valence-electron chi connectivity index (χ2n) is 3.84. The predicted molar refractivity (Wildman–Crippen MR) is 59.0 cm³/mol. The van der Waals surface area contributed by atoms with Gasteiger partial charge in [0.25, 0.3) is 0 Å². The van der Waals surface area contributed by atoms with Crippen molar-refractivity contribution >= 4 is 0 Å². The van der Waals surface area contributed by atoms with Crippen molar-refractivity contribution in [1.29, 1.82) is 0 Å². The zero-order chi connectivity index (χ0) is 11.3. The third-order valence-electron chi connectivity index (χ3n) is 2.18. The second kappa shape index (κ2) is 5.83. The first kappa shape index (κ1) is 12.1. The minimum atomic E-state index is -0.287. The fourth-order valence-corrected chi connectivity index (χ4v) is 1.36. The Kier molecular flexibility index (Phi) is 4.72. The molecule has 0 saturated heterocycles. The van der Waals surface area contributed by atoms with Gasteiger partial charge in [0.2, 0.25) is 0 Å².